The number of carbonyl (C=O) groups is 4. The van der Waals surface area contributed by atoms with E-state index in [1.165, 1.54) is 12.1 Å². The predicted molar refractivity (Wildman–Crippen MR) is 189 cm³/mol. The van der Waals surface area contributed by atoms with Gasteiger partial charge in [-0.05, 0) is 68.2 Å². The molecule has 6 N–H and O–H groups in total. The number of nitrogens with one attached hydrogen (secondary N) is 4. The van der Waals surface area contributed by atoms with Crippen LogP contribution in [0.4, 0.5) is 0 Å². The maximum Gasteiger partial charge on any atom is 0.273 e. The Balaban J connectivity index is 2.01. The molecular formula is C38H58N4O6. The first-order chi connectivity index (χ1) is 23.2. The quantitative estimate of drug-likeness (QED) is 0.0612. The summed E-state index contributed by atoms with van der Waals surface area (Å²) >= 11 is 0. The second-order valence-corrected chi connectivity index (χ2v) is 12.7. The topological polar surface area (TPSA) is 157 Å². The lowest BCUT2D eigenvalue weighted by atomic mass is 9.88. The minimum atomic E-state index is -0.626. The first-order valence-electron chi connectivity index (χ1n) is 18.0. The van der Waals surface area contributed by atoms with Gasteiger partial charge in [-0.2, -0.15) is 0 Å². The van der Waals surface area contributed by atoms with Gasteiger partial charge < -0.3 is 10.2 Å². The molecule has 2 atom stereocenters. The number of amides is 4. The van der Waals surface area contributed by atoms with Gasteiger partial charge in [-0.15, -0.1) is 0 Å². The first kappa shape index (κ1) is 40.1. The zero-order valence-electron chi connectivity index (χ0n) is 29.5. The second-order valence-electron chi connectivity index (χ2n) is 12.7. The van der Waals surface area contributed by atoms with E-state index in [-0.39, 0.29) is 29.0 Å². The Hall–Kier alpha value is -4.08. The summed E-state index contributed by atoms with van der Waals surface area (Å²) in [6.07, 6.45) is 13.4. The zero-order chi connectivity index (χ0) is 35.3. The number of rotatable bonds is 21. The Morgan fingerprint density at radius 2 is 1.00 bits per heavy atom. The van der Waals surface area contributed by atoms with Gasteiger partial charge in [0.2, 0.25) is 11.8 Å². The van der Waals surface area contributed by atoms with Crippen molar-refractivity contribution in [2.24, 2.45) is 11.8 Å². The molecule has 2 aromatic rings. The number of hydrogen-bond donors (Lipinski definition) is 6. The van der Waals surface area contributed by atoms with Crippen molar-refractivity contribution < 1.29 is 29.4 Å². The molecule has 0 bridgehead atoms. The molecular weight excluding hydrogens is 608 g/mol. The van der Waals surface area contributed by atoms with Crippen LogP contribution in [0.1, 0.15) is 149 Å². The number of hydrazine groups is 2. The molecule has 0 saturated carbocycles. The molecule has 10 heteroatoms. The molecule has 0 aliphatic carbocycles. The molecule has 0 saturated heterocycles. The van der Waals surface area contributed by atoms with Crippen LogP contribution in [0.25, 0.3) is 0 Å². The van der Waals surface area contributed by atoms with Crippen LogP contribution in [0.3, 0.4) is 0 Å². The van der Waals surface area contributed by atoms with Gasteiger partial charge in [0, 0.05) is 11.8 Å². The van der Waals surface area contributed by atoms with Gasteiger partial charge in [-0.1, -0.05) is 110 Å². The molecule has 0 fully saturated rings. The smallest absolute Gasteiger partial charge is 0.273 e. The predicted octanol–water partition coefficient (Wildman–Crippen LogP) is 7.18. The summed E-state index contributed by atoms with van der Waals surface area (Å²) in [7, 11) is 0. The molecule has 10 nitrogen and oxygen atoms in total. The third-order valence-corrected chi connectivity index (χ3v) is 8.89. The molecule has 266 valence electrons. The fraction of sp³-hybridized carbons (Fsp3) is 0.579. The van der Waals surface area contributed by atoms with E-state index >= 15 is 0 Å². The Morgan fingerprint density at radius 3 is 1.44 bits per heavy atom. The van der Waals surface area contributed by atoms with Gasteiger partial charge in [0.25, 0.3) is 11.8 Å². The number of phenolic OH excluding ortho intramolecular Hbond substituents is 2. The number of aryl methyl sites for hydroxylation is 2. The van der Waals surface area contributed by atoms with Crippen molar-refractivity contribution in [2.45, 2.75) is 130 Å². The molecule has 0 aliphatic heterocycles. The van der Waals surface area contributed by atoms with Crippen LogP contribution >= 0.6 is 0 Å². The Labute approximate surface area is 286 Å². The monoisotopic (exact) mass is 666 g/mol. The lowest BCUT2D eigenvalue weighted by Gasteiger charge is -2.22. The summed E-state index contributed by atoms with van der Waals surface area (Å²) in [5, 5.41) is 21.4. The van der Waals surface area contributed by atoms with Crippen LogP contribution in [-0.2, 0) is 22.4 Å². The average Bonchev–Trinajstić information content (AvgIpc) is 3.09. The van der Waals surface area contributed by atoms with E-state index in [0.717, 1.165) is 70.6 Å². The van der Waals surface area contributed by atoms with Crippen molar-refractivity contribution >= 4 is 23.6 Å². The number of aromatic hydroxyl groups is 2. The second kappa shape index (κ2) is 22.5. The van der Waals surface area contributed by atoms with E-state index in [2.05, 4.69) is 42.5 Å². The normalized spacial score (nSPS) is 12.2. The summed E-state index contributed by atoms with van der Waals surface area (Å²) in [5.74, 6) is -3.46. The molecule has 0 spiro atoms. The van der Waals surface area contributed by atoms with E-state index in [9.17, 15) is 29.4 Å². The molecule has 0 radical (unpaired) electrons. The first-order valence-corrected chi connectivity index (χ1v) is 18.0. The van der Waals surface area contributed by atoms with Crippen molar-refractivity contribution in [3.63, 3.8) is 0 Å². The Morgan fingerprint density at radius 1 is 0.562 bits per heavy atom. The fourth-order valence-electron chi connectivity index (χ4n) is 5.81. The summed E-state index contributed by atoms with van der Waals surface area (Å²) < 4.78 is 0. The highest BCUT2D eigenvalue weighted by Gasteiger charge is 2.27. The molecule has 2 rings (SSSR count). The number of phenols is 2. The van der Waals surface area contributed by atoms with Gasteiger partial charge in [-0.3, -0.25) is 40.9 Å². The van der Waals surface area contributed by atoms with Crippen molar-refractivity contribution in [1.82, 2.24) is 21.7 Å². The van der Waals surface area contributed by atoms with Gasteiger partial charge in [0.15, 0.2) is 0 Å². The molecule has 2 unspecified atom stereocenters. The third-order valence-electron chi connectivity index (χ3n) is 8.89. The van der Waals surface area contributed by atoms with E-state index in [1.807, 2.05) is 6.92 Å². The van der Waals surface area contributed by atoms with Crippen molar-refractivity contribution in [1.29, 1.82) is 0 Å². The van der Waals surface area contributed by atoms with Crippen LogP contribution in [0.5, 0.6) is 11.5 Å². The summed E-state index contributed by atoms with van der Waals surface area (Å²) in [6.45, 7) is 8.16. The maximum absolute atomic E-state index is 13.3. The van der Waals surface area contributed by atoms with Crippen LogP contribution in [0.15, 0.2) is 36.4 Å². The lowest BCUT2D eigenvalue weighted by molar-refractivity contribution is -0.129. The van der Waals surface area contributed by atoms with Gasteiger partial charge in [0.1, 0.15) is 11.5 Å². The van der Waals surface area contributed by atoms with Crippen LogP contribution in [0.2, 0.25) is 0 Å². The number of hydrogen-bond acceptors (Lipinski definition) is 6. The molecule has 48 heavy (non-hydrogen) atoms. The molecule has 2 aromatic carbocycles. The van der Waals surface area contributed by atoms with Crippen LogP contribution < -0.4 is 21.7 Å². The Bertz CT molecular complexity index is 1310. The number of para-hydroxylation sites is 2. The highest BCUT2D eigenvalue weighted by Crippen LogP contribution is 2.26. The van der Waals surface area contributed by atoms with Crippen LogP contribution in [0, 0.1) is 11.8 Å². The largest absolute Gasteiger partial charge is 0.507 e. The van der Waals surface area contributed by atoms with E-state index < -0.39 is 35.5 Å². The minimum Gasteiger partial charge on any atom is -0.507 e. The van der Waals surface area contributed by atoms with E-state index in [0.29, 0.717) is 36.8 Å². The zero-order valence-corrected chi connectivity index (χ0v) is 29.5. The third kappa shape index (κ3) is 13.2. The van der Waals surface area contributed by atoms with Crippen LogP contribution in [-0.4, -0.2) is 33.8 Å². The maximum atomic E-state index is 13.3. The number of carbonyl (C=O) groups excluding carboxylic acids is 4. The number of benzene rings is 2. The molecule has 4 amide bonds. The summed E-state index contributed by atoms with van der Waals surface area (Å²) in [6, 6.07) is 10.1. The minimum absolute atomic E-state index is 0.0805. The number of unbranched alkanes of at least 4 members (excludes halogenated alkanes) is 8. The van der Waals surface area contributed by atoms with Crippen molar-refractivity contribution in [3.8, 4) is 11.5 Å². The van der Waals surface area contributed by atoms with Crippen molar-refractivity contribution in [3.05, 3.63) is 58.7 Å². The highest BCUT2D eigenvalue weighted by molar-refractivity contribution is 5.99. The average molecular weight is 667 g/mol. The molecule has 0 aliphatic rings. The SMILES string of the molecule is CCCCCCc1cccc(C(=O)NNC(=O)C(CC)CC(CCCCC)C(=O)NNC(=O)c2cccc(CCCCCC)c2O)c1O. The Kier molecular flexibility index (Phi) is 18.8. The van der Waals surface area contributed by atoms with E-state index in [4.69, 9.17) is 0 Å². The molecule has 0 heterocycles. The standard InChI is InChI=1S/C38H58N4O6/c1-5-9-12-15-19-28-22-17-24-31(33(28)43)37(47)41-39-35(45)27(8-4)26-30(21-14-11-7-3)36(46)40-42-38(48)32-25-18-23-29(34(32)44)20-16-13-10-6-2/h17-18,22-25,27,30,43-44H,5-16,19-21,26H2,1-4H3,(H,39,45)(H,40,46)(H,41,47)(H,42,48). The summed E-state index contributed by atoms with van der Waals surface area (Å²) in [4.78, 5) is 52.3. The fourth-order valence-corrected chi connectivity index (χ4v) is 5.81. The van der Waals surface area contributed by atoms with Gasteiger partial charge >= 0.3 is 0 Å². The lowest BCUT2D eigenvalue weighted by Crippen LogP contribution is -2.47. The van der Waals surface area contributed by atoms with Gasteiger partial charge in [-0.25, -0.2) is 0 Å². The van der Waals surface area contributed by atoms with Gasteiger partial charge in [0.05, 0.1) is 11.1 Å². The summed E-state index contributed by atoms with van der Waals surface area (Å²) in [5.41, 5.74) is 11.4. The highest BCUT2D eigenvalue weighted by atomic mass is 16.3. The molecule has 0 aromatic heterocycles. The van der Waals surface area contributed by atoms with E-state index in [1.54, 1.807) is 24.3 Å². The van der Waals surface area contributed by atoms with Crippen molar-refractivity contribution in [2.75, 3.05) is 0 Å².